The molecule has 0 spiro atoms. The van der Waals surface area contributed by atoms with Crippen molar-refractivity contribution in [1.82, 2.24) is 9.13 Å². The largest absolute Gasteiger partial charge is 0.320 e. The molecular weight excluding hydrogens is 166 g/mol. The van der Waals surface area contributed by atoms with Crippen LogP contribution in [0.25, 0.3) is 0 Å². The van der Waals surface area contributed by atoms with Gasteiger partial charge in [0, 0.05) is 32.4 Å². The van der Waals surface area contributed by atoms with Crippen LogP contribution in [0.2, 0.25) is 0 Å². The first-order valence-corrected chi connectivity index (χ1v) is 4.31. The first-order valence-electron chi connectivity index (χ1n) is 4.31. The second kappa shape index (κ2) is 3.60. The molecule has 72 valence electrons. The maximum absolute atomic E-state index is 10.8. The number of nitrogens with zero attached hydrogens (tertiary/aromatic N) is 3. The van der Waals surface area contributed by atoms with E-state index >= 15 is 0 Å². The number of rotatable bonds is 1. The fourth-order valence-corrected chi connectivity index (χ4v) is 1.17. The summed E-state index contributed by atoms with van der Waals surface area (Å²) >= 11 is 0. The molecule has 1 aromatic rings. The molecule has 0 radical (unpaired) electrons. The van der Waals surface area contributed by atoms with Gasteiger partial charge in [-0.2, -0.15) is 4.99 Å². The summed E-state index contributed by atoms with van der Waals surface area (Å²) in [6.45, 7) is 5.57. The Labute approximate surface area is 77.5 Å². The van der Waals surface area contributed by atoms with Crippen LogP contribution in [-0.4, -0.2) is 15.0 Å². The lowest BCUT2D eigenvalue weighted by molar-refractivity contribution is -0.116. The van der Waals surface area contributed by atoms with Crippen LogP contribution in [0.4, 0.5) is 0 Å². The summed E-state index contributed by atoms with van der Waals surface area (Å²) in [6, 6.07) is 0.319. The van der Waals surface area contributed by atoms with E-state index in [1.165, 1.54) is 6.92 Å². The topological polar surface area (TPSA) is 39.3 Å². The minimum Gasteiger partial charge on any atom is -0.320 e. The normalized spacial score (nSPS) is 12.5. The highest BCUT2D eigenvalue weighted by Gasteiger charge is 2.02. The molecule has 1 heterocycles. The van der Waals surface area contributed by atoms with Crippen LogP contribution in [0.3, 0.4) is 0 Å². The Morgan fingerprint density at radius 1 is 1.46 bits per heavy atom. The number of imidazole rings is 1. The molecule has 0 aliphatic heterocycles. The summed E-state index contributed by atoms with van der Waals surface area (Å²) in [5, 5.41) is 0. The van der Waals surface area contributed by atoms with E-state index in [0.29, 0.717) is 11.7 Å². The van der Waals surface area contributed by atoms with E-state index in [-0.39, 0.29) is 5.91 Å². The van der Waals surface area contributed by atoms with Crippen LogP contribution in [0.1, 0.15) is 26.8 Å². The second-order valence-corrected chi connectivity index (χ2v) is 3.34. The van der Waals surface area contributed by atoms with Gasteiger partial charge in [0.05, 0.1) is 0 Å². The maximum Gasteiger partial charge on any atom is 0.245 e. The minimum absolute atomic E-state index is 0.170. The Hall–Kier alpha value is -1.32. The van der Waals surface area contributed by atoms with Gasteiger partial charge in [0.25, 0.3) is 0 Å². The monoisotopic (exact) mass is 181 g/mol. The van der Waals surface area contributed by atoms with Crippen molar-refractivity contribution in [2.75, 3.05) is 0 Å². The van der Waals surface area contributed by atoms with Gasteiger partial charge in [-0.05, 0) is 13.8 Å². The Kier molecular flexibility index (Phi) is 2.70. The molecule has 0 N–H and O–H groups in total. The molecule has 4 nitrogen and oxygen atoms in total. The van der Waals surface area contributed by atoms with Crippen LogP contribution in [-0.2, 0) is 11.8 Å². The number of amides is 1. The SMILES string of the molecule is CC(=O)N=c1n(C)ccn1C(C)C. The highest BCUT2D eigenvalue weighted by atomic mass is 16.1. The number of hydrogen-bond donors (Lipinski definition) is 0. The third-order valence-electron chi connectivity index (χ3n) is 1.81. The number of aryl methyl sites for hydroxylation is 1. The van der Waals surface area contributed by atoms with Gasteiger partial charge in [-0.3, -0.25) is 4.79 Å². The van der Waals surface area contributed by atoms with Gasteiger partial charge in [0.2, 0.25) is 11.5 Å². The summed E-state index contributed by atoms with van der Waals surface area (Å²) < 4.78 is 3.79. The third-order valence-corrected chi connectivity index (χ3v) is 1.81. The molecule has 1 aromatic heterocycles. The molecule has 4 heteroatoms. The van der Waals surface area contributed by atoms with Crippen molar-refractivity contribution in [2.24, 2.45) is 12.0 Å². The molecule has 0 unspecified atom stereocenters. The van der Waals surface area contributed by atoms with Crippen molar-refractivity contribution >= 4 is 5.91 Å². The quantitative estimate of drug-likeness (QED) is 0.633. The van der Waals surface area contributed by atoms with Gasteiger partial charge in [-0.25, -0.2) is 0 Å². The average Bonchev–Trinajstić information content (AvgIpc) is 2.32. The van der Waals surface area contributed by atoms with Gasteiger partial charge in [-0.1, -0.05) is 0 Å². The van der Waals surface area contributed by atoms with E-state index in [0.717, 1.165) is 0 Å². The van der Waals surface area contributed by atoms with E-state index in [2.05, 4.69) is 18.8 Å². The number of carbonyl (C=O) groups excluding carboxylic acids is 1. The van der Waals surface area contributed by atoms with Crippen molar-refractivity contribution in [3.8, 4) is 0 Å². The van der Waals surface area contributed by atoms with Gasteiger partial charge >= 0.3 is 0 Å². The van der Waals surface area contributed by atoms with Crippen molar-refractivity contribution in [3.63, 3.8) is 0 Å². The molecular formula is C9H15N3O. The van der Waals surface area contributed by atoms with Crippen molar-refractivity contribution in [2.45, 2.75) is 26.8 Å². The molecule has 0 saturated heterocycles. The number of carbonyl (C=O) groups is 1. The van der Waals surface area contributed by atoms with E-state index in [4.69, 9.17) is 0 Å². The van der Waals surface area contributed by atoms with Crippen LogP contribution in [0.15, 0.2) is 17.4 Å². The van der Waals surface area contributed by atoms with Crippen LogP contribution in [0.5, 0.6) is 0 Å². The lowest BCUT2D eigenvalue weighted by atomic mass is 10.4. The summed E-state index contributed by atoms with van der Waals surface area (Å²) in [7, 11) is 1.88. The van der Waals surface area contributed by atoms with E-state index in [1.54, 1.807) is 0 Å². The first kappa shape index (κ1) is 9.77. The van der Waals surface area contributed by atoms with Crippen LogP contribution in [0, 0.1) is 0 Å². The van der Waals surface area contributed by atoms with Crippen molar-refractivity contribution in [1.29, 1.82) is 0 Å². The van der Waals surface area contributed by atoms with Crippen molar-refractivity contribution in [3.05, 3.63) is 18.0 Å². The molecule has 1 amide bonds. The predicted molar refractivity (Wildman–Crippen MR) is 50.0 cm³/mol. The molecule has 0 atom stereocenters. The minimum atomic E-state index is -0.170. The molecule has 13 heavy (non-hydrogen) atoms. The Bertz CT molecular complexity index is 370. The highest BCUT2D eigenvalue weighted by Crippen LogP contribution is 1.98. The lowest BCUT2D eigenvalue weighted by Crippen LogP contribution is -2.26. The van der Waals surface area contributed by atoms with E-state index < -0.39 is 0 Å². The van der Waals surface area contributed by atoms with E-state index in [1.807, 2.05) is 28.6 Å². The summed E-state index contributed by atoms with van der Waals surface area (Å²) in [4.78, 5) is 14.8. The molecule has 0 bridgehead atoms. The zero-order valence-corrected chi connectivity index (χ0v) is 8.48. The Morgan fingerprint density at radius 2 is 2.08 bits per heavy atom. The third kappa shape index (κ3) is 2.08. The zero-order valence-electron chi connectivity index (χ0n) is 8.48. The molecule has 0 aliphatic carbocycles. The second-order valence-electron chi connectivity index (χ2n) is 3.34. The molecule has 0 saturated carbocycles. The first-order chi connectivity index (χ1) is 6.02. The zero-order chi connectivity index (χ0) is 10.0. The number of hydrogen-bond acceptors (Lipinski definition) is 1. The number of aromatic nitrogens is 2. The summed E-state index contributed by atoms with van der Waals surface area (Å²) in [5.41, 5.74) is 0.697. The van der Waals surface area contributed by atoms with E-state index in [9.17, 15) is 4.79 Å². The summed E-state index contributed by atoms with van der Waals surface area (Å²) in [6.07, 6.45) is 3.81. The lowest BCUT2D eigenvalue weighted by Gasteiger charge is -2.05. The maximum atomic E-state index is 10.8. The summed E-state index contributed by atoms with van der Waals surface area (Å²) in [5.74, 6) is -0.170. The van der Waals surface area contributed by atoms with Gasteiger partial charge in [0.15, 0.2) is 0 Å². The molecule has 0 fully saturated rings. The van der Waals surface area contributed by atoms with Gasteiger partial charge < -0.3 is 9.13 Å². The molecule has 0 aliphatic rings. The fourth-order valence-electron chi connectivity index (χ4n) is 1.17. The van der Waals surface area contributed by atoms with Crippen molar-refractivity contribution < 1.29 is 4.79 Å². The average molecular weight is 181 g/mol. The Balaban J connectivity index is 3.32. The predicted octanol–water partition coefficient (Wildman–Crippen LogP) is 0.855. The van der Waals surface area contributed by atoms with Gasteiger partial charge in [0.1, 0.15) is 0 Å². The highest BCUT2D eigenvalue weighted by molar-refractivity contribution is 5.73. The van der Waals surface area contributed by atoms with Gasteiger partial charge in [-0.15, -0.1) is 0 Å². The molecule has 1 rings (SSSR count). The Morgan fingerprint density at radius 3 is 2.54 bits per heavy atom. The van der Waals surface area contributed by atoms with Crippen LogP contribution < -0.4 is 5.62 Å². The standard InChI is InChI=1S/C9H15N3O/c1-7(2)12-6-5-11(4)9(12)10-8(3)13/h5-7H,1-4H3. The molecule has 0 aromatic carbocycles. The fraction of sp³-hybridized carbons (Fsp3) is 0.556. The van der Waals surface area contributed by atoms with Crippen LogP contribution >= 0.6 is 0 Å². The smallest absolute Gasteiger partial charge is 0.245 e.